The quantitative estimate of drug-likeness (QED) is 0.746. The number of rotatable bonds is 7. The first-order valence-corrected chi connectivity index (χ1v) is 10.1. The predicted molar refractivity (Wildman–Crippen MR) is 111 cm³/mol. The second kappa shape index (κ2) is 9.65. The van der Waals surface area contributed by atoms with Gasteiger partial charge >= 0.3 is 0 Å². The van der Waals surface area contributed by atoms with Crippen LogP contribution in [0.25, 0.3) is 0 Å². The summed E-state index contributed by atoms with van der Waals surface area (Å²) in [6, 6.07) is 12.5. The van der Waals surface area contributed by atoms with Gasteiger partial charge < -0.3 is 20.1 Å². The standard InChI is InChI=1S/C22H25ClN2O4/c1-2-28-20-7-6-16(22(27)25-10-8-15(9-11-25)21(24)26)12-17(20)14-29-19-5-3-4-18(23)13-19/h3-7,12-13,15H,2,8-11,14H2,1H3,(H2,24,26). The molecule has 0 spiro atoms. The van der Waals surface area contributed by atoms with E-state index in [2.05, 4.69) is 0 Å². The van der Waals surface area contributed by atoms with Crippen molar-refractivity contribution in [3.05, 3.63) is 58.6 Å². The topological polar surface area (TPSA) is 81.9 Å². The molecule has 2 aromatic carbocycles. The summed E-state index contributed by atoms with van der Waals surface area (Å²) in [4.78, 5) is 26.0. The molecule has 1 aliphatic heterocycles. The number of carbonyl (C=O) groups is 2. The summed E-state index contributed by atoms with van der Waals surface area (Å²) in [5, 5.41) is 0.593. The number of amides is 2. The molecular formula is C22H25ClN2O4. The van der Waals surface area contributed by atoms with E-state index in [1.807, 2.05) is 19.1 Å². The summed E-state index contributed by atoms with van der Waals surface area (Å²) in [5.41, 5.74) is 6.72. The highest BCUT2D eigenvalue weighted by Gasteiger charge is 2.26. The second-order valence-electron chi connectivity index (χ2n) is 6.97. The lowest BCUT2D eigenvalue weighted by molar-refractivity contribution is -0.123. The number of ether oxygens (including phenoxy) is 2. The van der Waals surface area contributed by atoms with E-state index in [4.69, 9.17) is 26.8 Å². The molecule has 2 aromatic rings. The molecule has 2 amide bonds. The van der Waals surface area contributed by atoms with Gasteiger partial charge in [0.15, 0.2) is 0 Å². The van der Waals surface area contributed by atoms with Crippen molar-refractivity contribution in [1.29, 1.82) is 0 Å². The van der Waals surface area contributed by atoms with Gasteiger partial charge in [-0.25, -0.2) is 0 Å². The van der Waals surface area contributed by atoms with Crippen molar-refractivity contribution in [2.24, 2.45) is 11.7 Å². The van der Waals surface area contributed by atoms with Crippen LogP contribution in [0.4, 0.5) is 0 Å². The molecule has 154 valence electrons. The minimum atomic E-state index is -0.293. The predicted octanol–water partition coefficient (Wildman–Crippen LogP) is 3.66. The van der Waals surface area contributed by atoms with E-state index in [1.165, 1.54) is 0 Å². The molecule has 7 heteroatoms. The molecule has 1 fully saturated rings. The molecule has 0 aromatic heterocycles. The molecule has 1 heterocycles. The highest BCUT2D eigenvalue weighted by atomic mass is 35.5. The molecule has 3 rings (SSSR count). The van der Waals surface area contributed by atoms with Crippen LogP contribution in [0.1, 0.15) is 35.7 Å². The summed E-state index contributed by atoms with van der Waals surface area (Å²) in [6.07, 6.45) is 1.20. The van der Waals surface area contributed by atoms with Crippen LogP contribution in [0.15, 0.2) is 42.5 Å². The molecule has 0 bridgehead atoms. The Bertz CT molecular complexity index is 879. The Balaban J connectivity index is 1.73. The van der Waals surface area contributed by atoms with Gasteiger partial charge in [0.05, 0.1) is 6.61 Å². The number of carbonyl (C=O) groups excluding carboxylic acids is 2. The number of benzene rings is 2. The van der Waals surface area contributed by atoms with Crippen molar-refractivity contribution >= 4 is 23.4 Å². The highest BCUT2D eigenvalue weighted by Crippen LogP contribution is 2.26. The van der Waals surface area contributed by atoms with Gasteiger partial charge in [-0.05, 0) is 56.2 Å². The van der Waals surface area contributed by atoms with Crippen LogP contribution in [0.5, 0.6) is 11.5 Å². The van der Waals surface area contributed by atoms with Gasteiger partial charge in [-0.3, -0.25) is 9.59 Å². The number of piperidine rings is 1. The second-order valence-corrected chi connectivity index (χ2v) is 7.41. The Labute approximate surface area is 175 Å². The molecule has 0 atom stereocenters. The van der Waals surface area contributed by atoms with Crippen molar-refractivity contribution in [1.82, 2.24) is 4.90 Å². The van der Waals surface area contributed by atoms with Gasteiger partial charge in [0.2, 0.25) is 5.91 Å². The average molecular weight is 417 g/mol. The average Bonchev–Trinajstić information content (AvgIpc) is 2.73. The number of primary amides is 1. The normalized spacial score (nSPS) is 14.5. The van der Waals surface area contributed by atoms with Crippen LogP contribution in [0, 0.1) is 5.92 Å². The van der Waals surface area contributed by atoms with Crippen molar-refractivity contribution in [2.75, 3.05) is 19.7 Å². The number of hydrogen-bond donors (Lipinski definition) is 1. The van der Waals surface area contributed by atoms with Gasteiger partial charge in [0.25, 0.3) is 5.91 Å². The molecule has 0 saturated carbocycles. The molecule has 29 heavy (non-hydrogen) atoms. The Morgan fingerprint density at radius 3 is 2.55 bits per heavy atom. The number of hydrogen-bond acceptors (Lipinski definition) is 4. The molecule has 2 N–H and O–H groups in total. The first kappa shape index (κ1) is 21.0. The lowest BCUT2D eigenvalue weighted by atomic mass is 9.95. The molecule has 1 saturated heterocycles. The first-order valence-electron chi connectivity index (χ1n) is 9.70. The zero-order chi connectivity index (χ0) is 20.8. The fourth-order valence-electron chi connectivity index (χ4n) is 3.39. The summed E-state index contributed by atoms with van der Waals surface area (Å²) < 4.78 is 11.5. The van der Waals surface area contributed by atoms with Crippen LogP contribution in [0.2, 0.25) is 5.02 Å². The van der Waals surface area contributed by atoms with Crippen LogP contribution in [-0.2, 0) is 11.4 Å². The van der Waals surface area contributed by atoms with Gasteiger partial charge in [-0.2, -0.15) is 0 Å². The fraction of sp³-hybridized carbons (Fsp3) is 0.364. The fourth-order valence-corrected chi connectivity index (χ4v) is 3.57. The van der Waals surface area contributed by atoms with Crippen LogP contribution in [-0.4, -0.2) is 36.4 Å². The molecule has 6 nitrogen and oxygen atoms in total. The molecular weight excluding hydrogens is 392 g/mol. The van der Waals surface area contributed by atoms with E-state index in [0.717, 1.165) is 5.56 Å². The summed E-state index contributed by atoms with van der Waals surface area (Å²) >= 11 is 6.01. The van der Waals surface area contributed by atoms with Gasteiger partial charge in [0, 0.05) is 35.2 Å². The Kier molecular flexibility index (Phi) is 6.99. The lowest BCUT2D eigenvalue weighted by Gasteiger charge is -2.30. The van der Waals surface area contributed by atoms with Crippen molar-refractivity contribution in [3.8, 4) is 11.5 Å². The van der Waals surface area contributed by atoms with Crippen molar-refractivity contribution in [3.63, 3.8) is 0 Å². The maximum atomic E-state index is 12.9. The van der Waals surface area contributed by atoms with E-state index < -0.39 is 0 Å². The van der Waals surface area contributed by atoms with Gasteiger partial charge in [-0.1, -0.05) is 17.7 Å². The monoisotopic (exact) mass is 416 g/mol. The van der Waals surface area contributed by atoms with E-state index in [0.29, 0.717) is 54.6 Å². The third-order valence-electron chi connectivity index (χ3n) is 4.98. The zero-order valence-electron chi connectivity index (χ0n) is 16.4. The number of nitrogens with two attached hydrogens (primary N) is 1. The number of nitrogens with zero attached hydrogens (tertiary/aromatic N) is 1. The summed E-state index contributed by atoms with van der Waals surface area (Å²) in [6.45, 7) is 3.71. The Morgan fingerprint density at radius 1 is 1.14 bits per heavy atom. The highest BCUT2D eigenvalue weighted by molar-refractivity contribution is 6.30. The third-order valence-corrected chi connectivity index (χ3v) is 5.22. The van der Waals surface area contributed by atoms with Crippen molar-refractivity contribution < 1.29 is 19.1 Å². The third kappa shape index (κ3) is 5.41. The SMILES string of the molecule is CCOc1ccc(C(=O)N2CCC(C(N)=O)CC2)cc1COc1cccc(Cl)c1. The van der Waals surface area contributed by atoms with E-state index in [9.17, 15) is 9.59 Å². The van der Waals surface area contributed by atoms with E-state index in [1.54, 1.807) is 35.2 Å². The van der Waals surface area contributed by atoms with Crippen LogP contribution >= 0.6 is 11.6 Å². The molecule has 1 aliphatic rings. The van der Waals surface area contributed by atoms with E-state index >= 15 is 0 Å². The smallest absolute Gasteiger partial charge is 0.253 e. The Morgan fingerprint density at radius 2 is 1.90 bits per heavy atom. The first-order chi connectivity index (χ1) is 14.0. The van der Waals surface area contributed by atoms with E-state index in [-0.39, 0.29) is 24.3 Å². The molecule has 0 radical (unpaired) electrons. The van der Waals surface area contributed by atoms with Gasteiger partial charge in [0.1, 0.15) is 18.1 Å². The maximum absolute atomic E-state index is 12.9. The number of halogens is 1. The van der Waals surface area contributed by atoms with Crippen LogP contribution < -0.4 is 15.2 Å². The largest absolute Gasteiger partial charge is 0.493 e. The number of likely N-dealkylation sites (tertiary alicyclic amines) is 1. The maximum Gasteiger partial charge on any atom is 0.253 e. The molecule has 0 unspecified atom stereocenters. The van der Waals surface area contributed by atoms with Gasteiger partial charge in [-0.15, -0.1) is 0 Å². The van der Waals surface area contributed by atoms with Crippen molar-refractivity contribution in [2.45, 2.75) is 26.4 Å². The summed E-state index contributed by atoms with van der Waals surface area (Å²) in [7, 11) is 0. The zero-order valence-corrected chi connectivity index (χ0v) is 17.2. The lowest BCUT2D eigenvalue weighted by Crippen LogP contribution is -2.41. The molecule has 0 aliphatic carbocycles. The summed E-state index contributed by atoms with van der Waals surface area (Å²) in [5.74, 6) is 0.809. The minimum Gasteiger partial charge on any atom is -0.493 e. The Hall–Kier alpha value is -2.73. The van der Waals surface area contributed by atoms with Crippen LogP contribution in [0.3, 0.4) is 0 Å². The minimum absolute atomic E-state index is 0.0695.